The number of carbonyl (C=O) groups is 1. The van der Waals surface area contributed by atoms with Crippen molar-refractivity contribution >= 4 is 5.78 Å². The van der Waals surface area contributed by atoms with Crippen molar-refractivity contribution in [2.24, 2.45) is 0 Å². The Bertz CT molecular complexity index is 598. The predicted molar refractivity (Wildman–Crippen MR) is 70.4 cm³/mol. The zero-order valence-electron chi connectivity index (χ0n) is 10.5. The summed E-state index contributed by atoms with van der Waals surface area (Å²) in [6, 6.07) is 6.59. The lowest BCUT2D eigenvalue weighted by molar-refractivity contribution is -0.116. The molecule has 0 atom stereocenters. The molecule has 18 heavy (non-hydrogen) atoms. The lowest BCUT2D eigenvalue weighted by Crippen LogP contribution is -1.97. The molecule has 0 unspecified atom stereocenters. The molecule has 0 fully saturated rings. The van der Waals surface area contributed by atoms with Gasteiger partial charge in [0.25, 0.3) is 0 Å². The lowest BCUT2D eigenvalue weighted by Gasteiger charge is -2.02. The Morgan fingerprint density at radius 1 is 1.33 bits per heavy atom. The van der Waals surface area contributed by atoms with Gasteiger partial charge in [-0.1, -0.05) is 12.1 Å². The number of hydrogen-bond acceptors (Lipinski definition) is 2. The zero-order chi connectivity index (χ0) is 12.5. The maximum absolute atomic E-state index is 11.1. The minimum absolute atomic E-state index is 0.129. The van der Waals surface area contributed by atoms with Gasteiger partial charge in [0.2, 0.25) is 0 Å². The van der Waals surface area contributed by atoms with Gasteiger partial charge < -0.3 is 4.98 Å². The number of aromatic nitrogens is 2. The largest absolute Gasteiger partial charge is 0.342 e. The molecule has 2 aromatic rings. The number of fused-ring (bicyclic) bond motifs is 1. The normalized spacial score (nSPS) is 13.6. The molecule has 0 saturated heterocycles. The first-order valence-electron chi connectivity index (χ1n) is 6.38. The molecule has 0 aliphatic heterocycles. The summed E-state index contributed by atoms with van der Waals surface area (Å²) in [7, 11) is 0. The van der Waals surface area contributed by atoms with Gasteiger partial charge in [-0.25, -0.2) is 4.98 Å². The first-order valence-corrected chi connectivity index (χ1v) is 6.38. The van der Waals surface area contributed by atoms with Crippen molar-refractivity contribution in [3.8, 4) is 11.3 Å². The Labute approximate surface area is 106 Å². The number of carbonyl (C=O) groups excluding carboxylic acids is 1. The smallest absolute Gasteiger partial charge is 0.137 e. The molecule has 1 aliphatic rings. The van der Waals surface area contributed by atoms with Crippen molar-refractivity contribution in [2.45, 2.75) is 32.6 Å². The summed E-state index contributed by atoms with van der Waals surface area (Å²) in [5.41, 5.74) is 5.09. The average Bonchev–Trinajstić information content (AvgIpc) is 2.95. The molecular formula is C15H16N2O. The maximum atomic E-state index is 11.1. The highest BCUT2D eigenvalue weighted by Gasteiger charge is 2.12. The number of aryl methyl sites for hydroxylation is 2. The van der Waals surface area contributed by atoms with Gasteiger partial charge in [-0.15, -0.1) is 0 Å². The van der Waals surface area contributed by atoms with Gasteiger partial charge >= 0.3 is 0 Å². The van der Waals surface area contributed by atoms with E-state index in [1.807, 2.05) is 6.20 Å². The Kier molecular flexibility index (Phi) is 2.74. The van der Waals surface area contributed by atoms with Crippen LogP contribution in [0.4, 0.5) is 0 Å². The molecule has 1 N–H and O–H groups in total. The van der Waals surface area contributed by atoms with Crippen LogP contribution in [0.2, 0.25) is 0 Å². The summed E-state index contributed by atoms with van der Waals surface area (Å²) in [4.78, 5) is 18.5. The van der Waals surface area contributed by atoms with Crippen molar-refractivity contribution in [3.05, 3.63) is 41.3 Å². The molecule has 0 amide bonds. The van der Waals surface area contributed by atoms with Gasteiger partial charge in [0.1, 0.15) is 11.6 Å². The van der Waals surface area contributed by atoms with Gasteiger partial charge in [0.15, 0.2) is 0 Å². The molecule has 92 valence electrons. The number of imidazole rings is 1. The van der Waals surface area contributed by atoms with Crippen LogP contribution in [0.1, 0.15) is 30.3 Å². The van der Waals surface area contributed by atoms with Gasteiger partial charge in [-0.3, -0.25) is 4.79 Å². The minimum Gasteiger partial charge on any atom is -0.342 e. The molecule has 3 rings (SSSR count). The molecule has 0 saturated carbocycles. The molecular weight excluding hydrogens is 224 g/mol. The molecule has 1 aliphatic carbocycles. The second-order valence-electron chi connectivity index (χ2n) is 4.96. The number of rotatable bonds is 3. The fraction of sp³-hybridized carbons (Fsp3) is 0.333. The van der Waals surface area contributed by atoms with Gasteiger partial charge in [0.05, 0.1) is 18.3 Å². The quantitative estimate of drug-likeness (QED) is 0.896. The van der Waals surface area contributed by atoms with E-state index >= 15 is 0 Å². The Balaban J connectivity index is 1.90. The highest BCUT2D eigenvalue weighted by Crippen LogP contribution is 2.27. The van der Waals surface area contributed by atoms with E-state index in [1.165, 1.54) is 30.4 Å². The molecule has 1 aromatic carbocycles. The number of ketones is 1. The number of hydrogen-bond donors (Lipinski definition) is 1. The Hall–Kier alpha value is -1.90. The third-order valence-electron chi connectivity index (χ3n) is 3.45. The summed E-state index contributed by atoms with van der Waals surface area (Å²) in [6.45, 7) is 1.58. The summed E-state index contributed by atoms with van der Waals surface area (Å²) in [5, 5.41) is 0. The van der Waals surface area contributed by atoms with Crippen molar-refractivity contribution in [1.29, 1.82) is 0 Å². The van der Waals surface area contributed by atoms with Gasteiger partial charge in [0, 0.05) is 0 Å². The number of benzene rings is 1. The van der Waals surface area contributed by atoms with Crippen LogP contribution in [0.15, 0.2) is 24.4 Å². The first kappa shape index (κ1) is 11.2. The second kappa shape index (κ2) is 4.41. The molecule has 1 aromatic heterocycles. The van der Waals surface area contributed by atoms with Crippen LogP contribution in [-0.4, -0.2) is 15.8 Å². The predicted octanol–water partition coefficient (Wildman–Crippen LogP) is 2.70. The standard InChI is InChI=1S/C15H16N2O/c1-10(18)7-15-16-9-14(17-15)13-6-5-11-3-2-4-12(11)8-13/h5-6,8-9H,2-4,7H2,1H3,(H,16,17). The highest BCUT2D eigenvalue weighted by atomic mass is 16.1. The van der Waals surface area contributed by atoms with Crippen molar-refractivity contribution in [1.82, 2.24) is 9.97 Å². The van der Waals surface area contributed by atoms with Gasteiger partial charge in [-0.2, -0.15) is 0 Å². The van der Waals surface area contributed by atoms with Gasteiger partial charge in [-0.05, 0) is 48.9 Å². The summed E-state index contributed by atoms with van der Waals surface area (Å²) in [5.74, 6) is 0.878. The minimum atomic E-state index is 0.129. The number of H-pyrrole nitrogens is 1. The second-order valence-corrected chi connectivity index (χ2v) is 4.96. The monoisotopic (exact) mass is 240 g/mol. The number of aromatic amines is 1. The van der Waals surface area contributed by atoms with E-state index in [0.29, 0.717) is 6.42 Å². The van der Waals surface area contributed by atoms with E-state index in [9.17, 15) is 4.79 Å². The van der Waals surface area contributed by atoms with E-state index in [4.69, 9.17) is 0 Å². The van der Waals surface area contributed by atoms with Crippen LogP contribution in [-0.2, 0) is 24.1 Å². The molecule has 0 spiro atoms. The fourth-order valence-electron chi connectivity index (χ4n) is 2.57. The molecule has 3 nitrogen and oxygen atoms in total. The van der Waals surface area contributed by atoms with Crippen LogP contribution in [0.5, 0.6) is 0 Å². The number of nitrogens with zero attached hydrogens (tertiary/aromatic N) is 1. The van der Waals surface area contributed by atoms with Crippen molar-refractivity contribution in [2.75, 3.05) is 0 Å². The highest BCUT2D eigenvalue weighted by molar-refractivity contribution is 5.77. The van der Waals surface area contributed by atoms with Crippen LogP contribution < -0.4 is 0 Å². The fourth-order valence-corrected chi connectivity index (χ4v) is 2.57. The maximum Gasteiger partial charge on any atom is 0.137 e. The van der Waals surface area contributed by atoms with E-state index in [-0.39, 0.29) is 5.78 Å². The summed E-state index contributed by atoms with van der Waals surface area (Å²) >= 11 is 0. The van der Waals surface area contributed by atoms with E-state index in [1.54, 1.807) is 6.92 Å². The zero-order valence-corrected chi connectivity index (χ0v) is 10.5. The first-order chi connectivity index (χ1) is 8.72. The van der Waals surface area contributed by atoms with Crippen LogP contribution in [0.3, 0.4) is 0 Å². The molecule has 0 bridgehead atoms. The molecule has 1 heterocycles. The van der Waals surface area contributed by atoms with Crippen LogP contribution in [0, 0.1) is 0 Å². The third kappa shape index (κ3) is 2.08. The van der Waals surface area contributed by atoms with E-state index in [0.717, 1.165) is 17.1 Å². The van der Waals surface area contributed by atoms with Crippen LogP contribution in [0.25, 0.3) is 11.3 Å². The summed E-state index contributed by atoms with van der Waals surface area (Å²) in [6.07, 6.45) is 5.84. The number of Topliss-reactive ketones (excluding diaryl/α,β-unsaturated/α-hetero) is 1. The average molecular weight is 240 g/mol. The topological polar surface area (TPSA) is 45.8 Å². The van der Waals surface area contributed by atoms with E-state index in [2.05, 4.69) is 28.2 Å². The van der Waals surface area contributed by atoms with Crippen molar-refractivity contribution < 1.29 is 4.79 Å². The number of nitrogens with one attached hydrogen (secondary N) is 1. The third-order valence-corrected chi connectivity index (χ3v) is 3.45. The Morgan fingerprint density at radius 3 is 3.00 bits per heavy atom. The molecule has 0 radical (unpaired) electrons. The Morgan fingerprint density at radius 2 is 2.17 bits per heavy atom. The lowest BCUT2D eigenvalue weighted by atomic mass is 10.0. The van der Waals surface area contributed by atoms with E-state index < -0.39 is 0 Å². The molecule has 3 heteroatoms. The SMILES string of the molecule is CC(=O)Cc1ncc(-c2ccc3c(c2)CCC3)[nH]1. The summed E-state index contributed by atoms with van der Waals surface area (Å²) < 4.78 is 0. The van der Waals surface area contributed by atoms with Crippen LogP contribution >= 0.6 is 0 Å². The van der Waals surface area contributed by atoms with Crippen molar-refractivity contribution in [3.63, 3.8) is 0 Å².